The van der Waals surface area contributed by atoms with Crippen LogP contribution in [0.15, 0.2) is 64.2 Å². The van der Waals surface area contributed by atoms with Crippen molar-refractivity contribution in [2.24, 2.45) is 0 Å². The van der Waals surface area contributed by atoms with Crippen molar-refractivity contribution in [1.29, 1.82) is 0 Å². The summed E-state index contributed by atoms with van der Waals surface area (Å²) in [6, 6.07) is 16.5. The predicted molar refractivity (Wildman–Crippen MR) is 130 cm³/mol. The zero-order chi connectivity index (χ0) is 22.7. The van der Waals surface area contributed by atoms with E-state index in [0.717, 1.165) is 21.5 Å². The largest absolute Gasteiger partial charge is 0.320 e. The summed E-state index contributed by atoms with van der Waals surface area (Å²) in [6.07, 6.45) is 0. The summed E-state index contributed by atoms with van der Waals surface area (Å²) >= 11 is 10.9. The summed E-state index contributed by atoms with van der Waals surface area (Å²) in [5.74, 6) is 0.0556. The first kappa shape index (κ1) is 22.4. The fourth-order valence-electron chi connectivity index (χ4n) is 3.04. The molecular weight excluding hydrogens is 512 g/mol. The molecule has 162 valence electrons. The van der Waals surface area contributed by atoms with Crippen LogP contribution in [0.2, 0.25) is 5.02 Å². The molecule has 1 amide bonds. The molecule has 0 saturated carbocycles. The normalized spacial score (nSPS) is 10.9. The van der Waals surface area contributed by atoms with Crippen molar-refractivity contribution in [3.8, 4) is 5.69 Å². The minimum atomic E-state index is -0.347. The van der Waals surface area contributed by atoms with Crippen molar-refractivity contribution in [2.75, 3.05) is 5.32 Å². The smallest absolute Gasteiger partial charge is 0.278 e. The first-order chi connectivity index (χ1) is 15.4. The number of benzene rings is 2. The Hall–Kier alpha value is -2.75. The summed E-state index contributed by atoms with van der Waals surface area (Å²) in [5.41, 5.74) is 4.04. The minimum absolute atomic E-state index is 0.233. The first-order valence-electron chi connectivity index (χ1n) is 9.61. The van der Waals surface area contributed by atoms with E-state index in [1.165, 1.54) is 11.8 Å². The van der Waals surface area contributed by atoms with Gasteiger partial charge >= 0.3 is 0 Å². The summed E-state index contributed by atoms with van der Waals surface area (Å²) in [7, 11) is 0. The van der Waals surface area contributed by atoms with Crippen LogP contribution in [0.3, 0.4) is 0 Å². The van der Waals surface area contributed by atoms with E-state index in [4.69, 9.17) is 11.6 Å². The van der Waals surface area contributed by atoms with Crippen molar-refractivity contribution in [2.45, 2.75) is 24.8 Å². The number of carbonyl (C=O) groups excluding carboxylic acids is 1. The molecule has 0 spiro atoms. The SMILES string of the molecule is Cc1cc(C)nc(SCc2c(C(=O)Nc3cccc(Br)c3)nnn2-c2ccc(Cl)cc2)n1. The molecule has 2 aromatic carbocycles. The molecule has 0 fully saturated rings. The maximum atomic E-state index is 13.1. The number of thioether (sulfide) groups is 1. The van der Waals surface area contributed by atoms with E-state index in [1.807, 2.05) is 56.3 Å². The Morgan fingerprint density at radius 3 is 2.50 bits per heavy atom. The van der Waals surface area contributed by atoms with Gasteiger partial charge in [0.25, 0.3) is 5.91 Å². The van der Waals surface area contributed by atoms with Crippen LogP contribution in [0, 0.1) is 13.8 Å². The van der Waals surface area contributed by atoms with Gasteiger partial charge in [-0.1, -0.05) is 50.6 Å². The van der Waals surface area contributed by atoms with Gasteiger partial charge in [0.1, 0.15) is 0 Å². The maximum absolute atomic E-state index is 13.1. The molecule has 0 aliphatic rings. The molecule has 1 N–H and O–H groups in total. The van der Waals surface area contributed by atoms with E-state index in [-0.39, 0.29) is 11.6 Å². The Balaban J connectivity index is 1.67. The molecule has 0 aliphatic carbocycles. The summed E-state index contributed by atoms with van der Waals surface area (Å²) in [4.78, 5) is 22.0. The average Bonchev–Trinajstić information content (AvgIpc) is 3.16. The van der Waals surface area contributed by atoms with Crippen molar-refractivity contribution in [3.05, 3.63) is 86.9 Å². The van der Waals surface area contributed by atoms with E-state index in [9.17, 15) is 4.79 Å². The minimum Gasteiger partial charge on any atom is -0.320 e. The third kappa shape index (κ3) is 5.35. The molecule has 0 saturated heterocycles. The van der Waals surface area contributed by atoms with E-state index >= 15 is 0 Å². The molecule has 4 aromatic rings. The molecule has 4 rings (SSSR count). The molecule has 7 nitrogen and oxygen atoms in total. The van der Waals surface area contributed by atoms with Crippen LogP contribution in [-0.4, -0.2) is 30.9 Å². The number of carbonyl (C=O) groups is 1. The second kappa shape index (κ2) is 9.81. The van der Waals surface area contributed by atoms with Gasteiger partial charge in [-0.2, -0.15) is 0 Å². The van der Waals surface area contributed by atoms with Crippen LogP contribution >= 0.6 is 39.3 Å². The van der Waals surface area contributed by atoms with Gasteiger partial charge < -0.3 is 5.32 Å². The van der Waals surface area contributed by atoms with Gasteiger partial charge in [-0.15, -0.1) is 5.10 Å². The van der Waals surface area contributed by atoms with E-state index in [1.54, 1.807) is 16.8 Å². The Kier molecular flexibility index (Phi) is 6.88. The van der Waals surface area contributed by atoms with Crippen molar-refractivity contribution in [1.82, 2.24) is 25.0 Å². The summed E-state index contributed by atoms with van der Waals surface area (Å²) in [6.45, 7) is 3.85. The Morgan fingerprint density at radius 2 is 1.81 bits per heavy atom. The highest BCUT2D eigenvalue weighted by Crippen LogP contribution is 2.25. The van der Waals surface area contributed by atoms with Crippen LogP contribution in [0.5, 0.6) is 0 Å². The highest BCUT2D eigenvalue weighted by molar-refractivity contribution is 9.10. The van der Waals surface area contributed by atoms with Crippen molar-refractivity contribution >= 4 is 50.9 Å². The first-order valence-corrected chi connectivity index (χ1v) is 11.8. The quantitative estimate of drug-likeness (QED) is 0.257. The Bertz CT molecular complexity index is 1260. The van der Waals surface area contributed by atoms with Gasteiger partial charge in [0.2, 0.25) is 0 Å². The monoisotopic (exact) mass is 528 g/mol. The average molecular weight is 530 g/mol. The number of rotatable bonds is 6. The van der Waals surface area contributed by atoms with E-state index in [0.29, 0.717) is 27.3 Å². The number of nitrogens with zero attached hydrogens (tertiary/aromatic N) is 5. The Morgan fingerprint density at radius 1 is 1.09 bits per heavy atom. The fraction of sp³-hybridized carbons (Fsp3) is 0.136. The fourth-order valence-corrected chi connectivity index (χ4v) is 4.51. The molecule has 0 radical (unpaired) electrons. The lowest BCUT2D eigenvalue weighted by molar-refractivity contribution is 0.102. The number of aromatic nitrogens is 5. The van der Waals surface area contributed by atoms with Crippen LogP contribution in [-0.2, 0) is 5.75 Å². The molecule has 10 heteroatoms. The van der Waals surface area contributed by atoms with Gasteiger partial charge in [0, 0.05) is 32.3 Å². The number of anilines is 1. The summed E-state index contributed by atoms with van der Waals surface area (Å²) < 4.78 is 2.50. The van der Waals surface area contributed by atoms with Crippen LogP contribution in [0.4, 0.5) is 5.69 Å². The number of nitrogens with one attached hydrogen (secondary N) is 1. The van der Waals surface area contributed by atoms with E-state index < -0.39 is 0 Å². The second-order valence-electron chi connectivity index (χ2n) is 6.96. The molecule has 2 aromatic heterocycles. The molecule has 32 heavy (non-hydrogen) atoms. The Labute approximate surface area is 202 Å². The number of hydrogen-bond acceptors (Lipinski definition) is 6. The highest BCUT2D eigenvalue weighted by Gasteiger charge is 2.22. The van der Waals surface area contributed by atoms with Crippen molar-refractivity contribution in [3.63, 3.8) is 0 Å². The van der Waals surface area contributed by atoms with E-state index in [2.05, 4.69) is 41.5 Å². The molecule has 2 heterocycles. The zero-order valence-electron chi connectivity index (χ0n) is 17.2. The molecule has 0 atom stereocenters. The highest BCUT2D eigenvalue weighted by atomic mass is 79.9. The lowest BCUT2D eigenvalue weighted by atomic mass is 10.2. The lowest BCUT2D eigenvalue weighted by Gasteiger charge is -2.09. The van der Waals surface area contributed by atoms with Gasteiger partial charge in [-0.3, -0.25) is 4.79 Å². The predicted octanol–water partition coefficient (Wildman–Crippen LogP) is 5.63. The zero-order valence-corrected chi connectivity index (χ0v) is 20.4. The molecule has 0 bridgehead atoms. The lowest BCUT2D eigenvalue weighted by Crippen LogP contribution is -2.15. The van der Waals surface area contributed by atoms with Gasteiger partial charge in [-0.25, -0.2) is 14.6 Å². The number of amides is 1. The number of aryl methyl sites for hydroxylation is 2. The van der Waals surface area contributed by atoms with Crippen molar-refractivity contribution < 1.29 is 4.79 Å². The third-order valence-electron chi connectivity index (χ3n) is 4.43. The van der Waals surface area contributed by atoms with Gasteiger partial charge in [0.05, 0.1) is 11.4 Å². The number of halogens is 2. The third-order valence-corrected chi connectivity index (χ3v) is 6.04. The van der Waals surface area contributed by atoms with Crippen LogP contribution in [0.1, 0.15) is 27.6 Å². The van der Waals surface area contributed by atoms with Gasteiger partial charge in [-0.05, 0) is 62.4 Å². The van der Waals surface area contributed by atoms with Crippen LogP contribution < -0.4 is 5.32 Å². The maximum Gasteiger partial charge on any atom is 0.278 e. The molecule has 0 aliphatic heterocycles. The molecule has 0 unspecified atom stereocenters. The standard InChI is InChI=1S/C22H18BrClN6OS/c1-13-10-14(2)26-22(25-13)32-12-19-20(21(31)27-17-5-3-4-15(23)11-17)28-29-30(19)18-8-6-16(24)7-9-18/h3-11H,12H2,1-2H3,(H,27,31). The van der Waals surface area contributed by atoms with Gasteiger partial charge in [0.15, 0.2) is 10.9 Å². The topological polar surface area (TPSA) is 85.6 Å². The molecular formula is C22H18BrClN6OS. The number of hydrogen-bond donors (Lipinski definition) is 1. The summed E-state index contributed by atoms with van der Waals surface area (Å²) in [5, 5.41) is 12.6. The second-order valence-corrected chi connectivity index (χ2v) is 9.25. The van der Waals surface area contributed by atoms with Crippen LogP contribution in [0.25, 0.3) is 5.69 Å².